The highest BCUT2D eigenvalue weighted by Crippen LogP contribution is 2.27. The van der Waals surface area contributed by atoms with Crippen molar-refractivity contribution in [1.29, 1.82) is 0 Å². The maximum atomic E-state index is 13.1. The van der Waals surface area contributed by atoms with E-state index < -0.39 is 6.10 Å². The van der Waals surface area contributed by atoms with Gasteiger partial charge in [-0.25, -0.2) is 0 Å². The van der Waals surface area contributed by atoms with E-state index in [2.05, 4.69) is 22.6 Å². The molecule has 0 aliphatic carbocycles. The molecule has 0 aromatic heterocycles. The van der Waals surface area contributed by atoms with Gasteiger partial charge >= 0.3 is 0 Å². The van der Waals surface area contributed by atoms with Crippen LogP contribution in [0.4, 0.5) is 0 Å². The van der Waals surface area contributed by atoms with E-state index in [9.17, 15) is 4.79 Å². The molecule has 1 saturated heterocycles. The highest BCUT2D eigenvalue weighted by atomic mass is 127. The van der Waals surface area contributed by atoms with Crippen LogP contribution in [-0.4, -0.2) is 36.7 Å². The minimum atomic E-state index is -0.465. The van der Waals surface area contributed by atoms with E-state index in [0.717, 1.165) is 26.0 Å². The molecule has 0 radical (unpaired) electrons. The number of carbonyl (C=O) groups is 1. The number of halogens is 2. The number of nitrogens with zero attached hydrogens (tertiary/aromatic N) is 1. The molecule has 27 heavy (non-hydrogen) atoms. The molecule has 2 aromatic rings. The van der Waals surface area contributed by atoms with E-state index in [0.29, 0.717) is 24.6 Å². The third-order valence-corrected chi connectivity index (χ3v) is 6.09. The van der Waals surface area contributed by atoms with Crippen LogP contribution < -0.4 is 4.74 Å². The second-order valence-corrected chi connectivity index (χ2v) is 8.47. The van der Waals surface area contributed by atoms with Crippen molar-refractivity contribution >= 4 is 40.1 Å². The maximum absolute atomic E-state index is 13.1. The summed E-state index contributed by atoms with van der Waals surface area (Å²) in [6, 6.07) is 11.7. The summed E-state index contributed by atoms with van der Waals surface area (Å²) < 4.78 is 12.2. The summed E-state index contributed by atoms with van der Waals surface area (Å²) in [5.41, 5.74) is 3.29. The molecule has 144 valence electrons. The van der Waals surface area contributed by atoms with Gasteiger partial charge in [-0.15, -0.1) is 0 Å². The minimum Gasteiger partial charge on any atom is -0.497 e. The Labute approximate surface area is 178 Å². The smallest absolute Gasteiger partial charge is 0.252 e. The van der Waals surface area contributed by atoms with Gasteiger partial charge in [-0.3, -0.25) is 4.79 Å². The van der Waals surface area contributed by atoms with Crippen molar-refractivity contribution in [3.8, 4) is 5.75 Å². The van der Waals surface area contributed by atoms with Gasteiger partial charge in [-0.05, 0) is 77.4 Å². The lowest BCUT2D eigenvalue weighted by Gasteiger charge is -2.38. The van der Waals surface area contributed by atoms with Gasteiger partial charge in [0, 0.05) is 21.6 Å². The average Bonchev–Trinajstić information content (AvgIpc) is 2.63. The molecule has 1 heterocycles. The number of hydrogen-bond acceptors (Lipinski definition) is 3. The number of benzene rings is 2. The van der Waals surface area contributed by atoms with Crippen molar-refractivity contribution in [2.75, 3.05) is 13.7 Å². The van der Waals surface area contributed by atoms with Gasteiger partial charge in [0.2, 0.25) is 0 Å². The lowest BCUT2D eigenvalue weighted by Crippen LogP contribution is -2.52. The Morgan fingerprint density at radius 1 is 1.30 bits per heavy atom. The largest absolute Gasteiger partial charge is 0.497 e. The van der Waals surface area contributed by atoms with Gasteiger partial charge in [0.1, 0.15) is 11.9 Å². The third-order valence-electron chi connectivity index (χ3n) is 4.91. The zero-order chi connectivity index (χ0) is 19.6. The molecule has 6 heteroatoms. The fraction of sp³-hybridized carbons (Fsp3) is 0.381. The lowest BCUT2D eigenvalue weighted by atomic mass is 10.00. The Morgan fingerprint density at radius 2 is 2.00 bits per heavy atom. The van der Waals surface area contributed by atoms with Crippen LogP contribution in [0, 0.1) is 10.5 Å². The monoisotopic (exact) mass is 499 g/mol. The summed E-state index contributed by atoms with van der Waals surface area (Å²) in [5.74, 6) is 0.848. The van der Waals surface area contributed by atoms with Crippen LogP contribution in [0.5, 0.6) is 5.75 Å². The fourth-order valence-corrected chi connectivity index (χ4v) is 4.74. The Hall–Kier alpha value is -1.31. The Kier molecular flexibility index (Phi) is 6.65. The van der Waals surface area contributed by atoms with Crippen molar-refractivity contribution in [2.24, 2.45) is 0 Å². The van der Waals surface area contributed by atoms with Crippen molar-refractivity contribution in [2.45, 2.75) is 39.0 Å². The molecule has 4 nitrogen and oxygen atoms in total. The molecule has 1 aliphatic rings. The summed E-state index contributed by atoms with van der Waals surface area (Å²) in [5, 5.41) is 0.714. The zero-order valence-corrected chi connectivity index (χ0v) is 18.6. The molecule has 1 unspecified atom stereocenters. The molecule has 3 rings (SSSR count). The molecule has 0 N–H and O–H groups in total. The predicted octanol–water partition coefficient (Wildman–Crippen LogP) is 4.62. The Bertz CT molecular complexity index is 802. The van der Waals surface area contributed by atoms with E-state index in [1.54, 1.807) is 7.11 Å². The van der Waals surface area contributed by atoms with E-state index in [1.165, 1.54) is 0 Å². The summed E-state index contributed by atoms with van der Waals surface area (Å²) in [6.45, 7) is 5.15. The highest BCUT2D eigenvalue weighted by molar-refractivity contribution is 14.1. The maximum Gasteiger partial charge on any atom is 0.252 e. The summed E-state index contributed by atoms with van der Waals surface area (Å²) in [4.78, 5) is 15.0. The Balaban J connectivity index is 1.76. The minimum absolute atomic E-state index is 0.0368. The molecule has 0 bridgehead atoms. The summed E-state index contributed by atoms with van der Waals surface area (Å²) >= 11 is 8.40. The standard InChI is InChI=1S/C21H23ClINO3/c1-13-8-16(22)9-19(23)18(13)10-20-21(25)24(14(2)12-27-20)11-15-4-6-17(26-3)7-5-15/h4-9,14,20H,10-12H2,1-3H3/t14-,20?/m0/s1. The first-order valence-electron chi connectivity index (χ1n) is 8.88. The fourth-order valence-electron chi connectivity index (χ4n) is 3.30. The lowest BCUT2D eigenvalue weighted by molar-refractivity contribution is -0.159. The zero-order valence-electron chi connectivity index (χ0n) is 15.7. The van der Waals surface area contributed by atoms with Crippen molar-refractivity contribution in [1.82, 2.24) is 4.90 Å². The van der Waals surface area contributed by atoms with Gasteiger partial charge < -0.3 is 14.4 Å². The van der Waals surface area contributed by atoms with Crippen LogP contribution in [0.3, 0.4) is 0 Å². The van der Waals surface area contributed by atoms with E-state index >= 15 is 0 Å². The number of rotatable bonds is 5. The summed E-state index contributed by atoms with van der Waals surface area (Å²) in [6.07, 6.45) is 0.0965. The van der Waals surface area contributed by atoms with Crippen molar-refractivity contribution in [3.63, 3.8) is 0 Å². The number of amides is 1. The number of methoxy groups -OCH3 is 1. The molecular weight excluding hydrogens is 477 g/mol. The predicted molar refractivity (Wildman–Crippen MR) is 115 cm³/mol. The third kappa shape index (κ3) is 4.76. The second kappa shape index (κ2) is 8.80. The van der Waals surface area contributed by atoms with E-state index in [-0.39, 0.29) is 11.9 Å². The van der Waals surface area contributed by atoms with Crippen LogP contribution in [0.15, 0.2) is 36.4 Å². The van der Waals surface area contributed by atoms with Crippen LogP contribution in [0.1, 0.15) is 23.6 Å². The second-order valence-electron chi connectivity index (χ2n) is 6.87. The topological polar surface area (TPSA) is 38.8 Å². The van der Waals surface area contributed by atoms with Gasteiger partial charge in [0.15, 0.2) is 0 Å². The molecular formula is C21H23ClINO3. The average molecular weight is 500 g/mol. The van der Waals surface area contributed by atoms with Gasteiger partial charge in [-0.2, -0.15) is 0 Å². The van der Waals surface area contributed by atoms with Crippen LogP contribution in [0.25, 0.3) is 0 Å². The molecule has 1 amide bonds. The number of morpholine rings is 1. The molecule has 1 fully saturated rings. The van der Waals surface area contributed by atoms with Crippen LogP contribution >= 0.6 is 34.2 Å². The molecule has 1 aliphatic heterocycles. The van der Waals surface area contributed by atoms with Gasteiger partial charge in [-0.1, -0.05) is 23.7 Å². The van der Waals surface area contributed by atoms with Crippen LogP contribution in [0.2, 0.25) is 5.02 Å². The first-order chi connectivity index (χ1) is 12.9. The number of aryl methyl sites for hydroxylation is 1. The van der Waals surface area contributed by atoms with Gasteiger partial charge in [0.25, 0.3) is 5.91 Å². The van der Waals surface area contributed by atoms with E-state index in [4.69, 9.17) is 21.1 Å². The highest BCUT2D eigenvalue weighted by Gasteiger charge is 2.34. The first kappa shape index (κ1) is 20.4. The number of carbonyl (C=O) groups excluding carboxylic acids is 1. The summed E-state index contributed by atoms with van der Waals surface area (Å²) in [7, 11) is 1.65. The Morgan fingerprint density at radius 3 is 2.63 bits per heavy atom. The molecule has 0 saturated carbocycles. The van der Waals surface area contributed by atoms with Crippen LogP contribution in [-0.2, 0) is 22.5 Å². The number of hydrogen-bond donors (Lipinski definition) is 0. The quantitative estimate of drug-likeness (QED) is 0.564. The molecule has 0 spiro atoms. The normalized spacial score (nSPS) is 20.0. The number of ether oxygens (including phenoxy) is 2. The van der Waals surface area contributed by atoms with E-state index in [1.807, 2.05) is 55.1 Å². The molecule has 2 aromatic carbocycles. The SMILES string of the molecule is COc1ccc(CN2C(=O)C(Cc3c(C)cc(Cl)cc3I)OC[C@@H]2C)cc1. The van der Waals surface area contributed by atoms with Crippen molar-refractivity contribution in [3.05, 3.63) is 61.7 Å². The van der Waals surface area contributed by atoms with Gasteiger partial charge in [0.05, 0.1) is 19.8 Å². The molecule has 2 atom stereocenters. The first-order valence-corrected chi connectivity index (χ1v) is 10.3. The van der Waals surface area contributed by atoms with Crippen molar-refractivity contribution < 1.29 is 14.3 Å².